The second kappa shape index (κ2) is 5.56. The molecule has 2 N–H and O–H groups in total. The molecule has 0 aromatic heterocycles. The summed E-state index contributed by atoms with van der Waals surface area (Å²) in [5.74, 6) is 0.689. The van der Waals surface area contributed by atoms with Gasteiger partial charge in [-0.15, -0.1) is 0 Å². The molecule has 0 saturated heterocycles. The first kappa shape index (κ1) is 10.9. The fraction of sp³-hybridized carbons (Fsp3) is 1.00. The van der Waals surface area contributed by atoms with Gasteiger partial charge in [0.25, 0.3) is 0 Å². The highest BCUT2D eigenvalue weighted by Gasteiger charge is 2.09. The molecule has 0 aliphatic rings. The largest absolute Gasteiger partial charge is 0.392 e. The van der Waals surface area contributed by atoms with E-state index in [2.05, 4.69) is 26.1 Å². The average Bonchev–Trinajstić information content (AvgIpc) is 1.98. The summed E-state index contributed by atoms with van der Waals surface area (Å²) in [6.45, 7) is 9.07. The van der Waals surface area contributed by atoms with Gasteiger partial charge in [-0.05, 0) is 19.8 Å². The van der Waals surface area contributed by atoms with Crippen LogP contribution < -0.4 is 5.32 Å². The van der Waals surface area contributed by atoms with Crippen molar-refractivity contribution in [1.29, 1.82) is 0 Å². The molecule has 0 amide bonds. The molecule has 0 fully saturated rings. The first-order valence-electron chi connectivity index (χ1n) is 4.49. The lowest BCUT2D eigenvalue weighted by Crippen LogP contribution is -2.36. The molecule has 0 aliphatic carbocycles. The van der Waals surface area contributed by atoms with Crippen molar-refractivity contribution >= 4 is 0 Å². The molecule has 0 rings (SSSR count). The minimum absolute atomic E-state index is 0.235. The summed E-state index contributed by atoms with van der Waals surface area (Å²) in [6, 6.07) is 0.509. The first-order chi connectivity index (χ1) is 5.07. The van der Waals surface area contributed by atoms with E-state index in [-0.39, 0.29) is 6.10 Å². The lowest BCUT2D eigenvalue weighted by molar-refractivity contribution is 0.182. The number of rotatable bonds is 5. The summed E-state index contributed by atoms with van der Waals surface area (Å²) in [5.41, 5.74) is 0. The van der Waals surface area contributed by atoms with Crippen LogP contribution in [0.4, 0.5) is 0 Å². The Morgan fingerprint density at radius 1 is 1.27 bits per heavy atom. The summed E-state index contributed by atoms with van der Waals surface area (Å²) >= 11 is 0. The van der Waals surface area contributed by atoms with Crippen LogP contribution in [0.1, 0.15) is 34.1 Å². The van der Waals surface area contributed by atoms with E-state index in [1.165, 1.54) is 6.42 Å². The molecule has 68 valence electrons. The van der Waals surface area contributed by atoms with Gasteiger partial charge in [0.1, 0.15) is 0 Å². The molecule has 11 heavy (non-hydrogen) atoms. The van der Waals surface area contributed by atoms with Gasteiger partial charge >= 0.3 is 0 Å². The van der Waals surface area contributed by atoms with Crippen molar-refractivity contribution in [3.63, 3.8) is 0 Å². The van der Waals surface area contributed by atoms with Gasteiger partial charge in [0, 0.05) is 12.6 Å². The summed E-state index contributed by atoms with van der Waals surface area (Å²) < 4.78 is 0. The predicted octanol–water partition coefficient (Wildman–Crippen LogP) is 1.39. The van der Waals surface area contributed by atoms with Crippen molar-refractivity contribution in [3.05, 3.63) is 0 Å². The van der Waals surface area contributed by atoms with Crippen LogP contribution >= 0.6 is 0 Å². The van der Waals surface area contributed by atoms with Crippen molar-refractivity contribution in [1.82, 2.24) is 5.32 Å². The van der Waals surface area contributed by atoms with Crippen LogP contribution in [-0.4, -0.2) is 23.8 Å². The van der Waals surface area contributed by atoms with E-state index in [0.717, 1.165) is 0 Å². The normalized spacial score (nSPS) is 19.4. The molecule has 0 heterocycles. The number of hydrogen-bond acceptors (Lipinski definition) is 2. The predicted molar refractivity (Wildman–Crippen MR) is 48.6 cm³/mol. The molecular formula is C9H21NO. The summed E-state index contributed by atoms with van der Waals surface area (Å²) in [5, 5.41) is 12.3. The Morgan fingerprint density at radius 2 is 1.82 bits per heavy atom. The SMILES string of the molecule is CCC(C)C(C)NC[C@H](C)O. The Morgan fingerprint density at radius 3 is 2.18 bits per heavy atom. The van der Waals surface area contributed by atoms with E-state index in [9.17, 15) is 0 Å². The molecule has 0 spiro atoms. The van der Waals surface area contributed by atoms with Gasteiger partial charge in [-0.25, -0.2) is 0 Å². The molecule has 0 saturated carbocycles. The Bertz CT molecular complexity index is 93.6. The maximum Gasteiger partial charge on any atom is 0.0636 e. The molecule has 2 heteroatoms. The van der Waals surface area contributed by atoms with Gasteiger partial charge in [-0.2, -0.15) is 0 Å². The zero-order valence-corrected chi connectivity index (χ0v) is 8.09. The van der Waals surface area contributed by atoms with Crippen molar-refractivity contribution in [2.24, 2.45) is 5.92 Å². The fourth-order valence-electron chi connectivity index (χ4n) is 0.911. The van der Waals surface area contributed by atoms with Crippen LogP contribution in [0.2, 0.25) is 0 Å². The van der Waals surface area contributed by atoms with E-state index in [1.54, 1.807) is 6.92 Å². The minimum atomic E-state index is -0.235. The molecule has 0 aromatic carbocycles. The smallest absolute Gasteiger partial charge is 0.0636 e. The lowest BCUT2D eigenvalue weighted by Gasteiger charge is -2.20. The van der Waals surface area contributed by atoms with E-state index in [1.807, 2.05) is 0 Å². The van der Waals surface area contributed by atoms with Crippen LogP contribution in [0.5, 0.6) is 0 Å². The van der Waals surface area contributed by atoms with Crippen molar-refractivity contribution in [2.75, 3.05) is 6.54 Å². The second-order valence-electron chi connectivity index (χ2n) is 3.43. The molecule has 0 bridgehead atoms. The Hall–Kier alpha value is -0.0800. The van der Waals surface area contributed by atoms with Gasteiger partial charge in [0.2, 0.25) is 0 Å². The zero-order chi connectivity index (χ0) is 8.85. The topological polar surface area (TPSA) is 32.3 Å². The second-order valence-corrected chi connectivity index (χ2v) is 3.43. The molecule has 2 nitrogen and oxygen atoms in total. The highest BCUT2D eigenvalue weighted by Crippen LogP contribution is 2.05. The maximum absolute atomic E-state index is 8.99. The number of nitrogens with one attached hydrogen (secondary N) is 1. The number of aliphatic hydroxyl groups is 1. The van der Waals surface area contributed by atoms with Crippen LogP contribution in [-0.2, 0) is 0 Å². The van der Waals surface area contributed by atoms with E-state index in [4.69, 9.17) is 5.11 Å². The van der Waals surface area contributed by atoms with Gasteiger partial charge in [-0.3, -0.25) is 0 Å². The molecule has 2 unspecified atom stereocenters. The van der Waals surface area contributed by atoms with E-state index < -0.39 is 0 Å². The third kappa shape index (κ3) is 5.22. The molecule has 0 aromatic rings. The summed E-state index contributed by atoms with van der Waals surface area (Å²) in [7, 11) is 0. The van der Waals surface area contributed by atoms with E-state index >= 15 is 0 Å². The fourth-order valence-corrected chi connectivity index (χ4v) is 0.911. The third-order valence-corrected chi connectivity index (χ3v) is 2.23. The lowest BCUT2D eigenvalue weighted by atomic mass is 10.0. The highest BCUT2D eigenvalue weighted by molar-refractivity contribution is 4.67. The minimum Gasteiger partial charge on any atom is -0.392 e. The zero-order valence-electron chi connectivity index (χ0n) is 8.09. The first-order valence-corrected chi connectivity index (χ1v) is 4.49. The summed E-state index contributed by atoms with van der Waals surface area (Å²) in [6.07, 6.45) is 0.954. The van der Waals surface area contributed by atoms with Crippen molar-refractivity contribution < 1.29 is 5.11 Å². The number of hydrogen-bond donors (Lipinski definition) is 2. The van der Waals surface area contributed by atoms with Gasteiger partial charge in [0.05, 0.1) is 6.10 Å². The standard InChI is InChI=1S/C9H21NO/c1-5-7(2)9(4)10-6-8(3)11/h7-11H,5-6H2,1-4H3/t7?,8-,9?/m0/s1. The molecule has 0 aliphatic heterocycles. The molecule has 0 radical (unpaired) electrons. The van der Waals surface area contributed by atoms with Crippen LogP contribution in [0, 0.1) is 5.92 Å². The Balaban J connectivity index is 3.43. The summed E-state index contributed by atoms with van der Waals surface area (Å²) in [4.78, 5) is 0. The molecular weight excluding hydrogens is 138 g/mol. The monoisotopic (exact) mass is 159 g/mol. The highest BCUT2D eigenvalue weighted by atomic mass is 16.3. The van der Waals surface area contributed by atoms with Gasteiger partial charge in [-0.1, -0.05) is 20.3 Å². The van der Waals surface area contributed by atoms with Crippen LogP contribution in [0.15, 0.2) is 0 Å². The van der Waals surface area contributed by atoms with Gasteiger partial charge < -0.3 is 10.4 Å². The van der Waals surface area contributed by atoms with E-state index in [0.29, 0.717) is 18.5 Å². The Labute approximate surface area is 70.0 Å². The van der Waals surface area contributed by atoms with Crippen LogP contribution in [0.25, 0.3) is 0 Å². The van der Waals surface area contributed by atoms with Gasteiger partial charge in [0.15, 0.2) is 0 Å². The number of aliphatic hydroxyl groups excluding tert-OH is 1. The van der Waals surface area contributed by atoms with Crippen LogP contribution in [0.3, 0.4) is 0 Å². The average molecular weight is 159 g/mol. The van der Waals surface area contributed by atoms with Crippen molar-refractivity contribution in [3.8, 4) is 0 Å². The molecule has 3 atom stereocenters. The Kier molecular flexibility index (Phi) is 5.51. The third-order valence-electron chi connectivity index (χ3n) is 2.23. The maximum atomic E-state index is 8.99. The van der Waals surface area contributed by atoms with Crippen molar-refractivity contribution in [2.45, 2.75) is 46.3 Å². The quantitative estimate of drug-likeness (QED) is 0.635.